The van der Waals surface area contributed by atoms with Gasteiger partial charge in [0.15, 0.2) is 0 Å². The van der Waals surface area contributed by atoms with E-state index in [0.29, 0.717) is 18.5 Å². The molecule has 0 saturated heterocycles. The van der Waals surface area contributed by atoms with Gasteiger partial charge >= 0.3 is 0 Å². The van der Waals surface area contributed by atoms with Crippen molar-refractivity contribution in [2.45, 2.75) is 19.9 Å². The first-order valence-electron chi connectivity index (χ1n) is 8.05. The molecule has 126 valence electrons. The van der Waals surface area contributed by atoms with Gasteiger partial charge in [0.1, 0.15) is 5.82 Å². The molecule has 1 aromatic carbocycles. The van der Waals surface area contributed by atoms with E-state index in [1.54, 1.807) is 34.8 Å². The van der Waals surface area contributed by atoms with Crippen LogP contribution in [0.4, 0.5) is 10.1 Å². The molecular weight excluding hydrogens is 319 g/mol. The van der Waals surface area contributed by atoms with Crippen LogP contribution < -0.4 is 4.90 Å². The molecular formula is C19H17FN4O. The molecule has 2 aromatic heterocycles. The predicted octanol–water partition coefficient (Wildman–Crippen LogP) is 3.02. The zero-order valence-corrected chi connectivity index (χ0v) is 14.0. The number of hydrogen-bond acceptors (Lipinski definition) is 3. The molecule has 0 saturated carbocycles. The highest BCUT2D eigenvalue weighted by Gasteiger charge is 2.29. The molecule has 5 nitrogen and oxygen atoms in total. The van der Waals surface area contributed by atoms with Crippen LogP contribution in [0.15, 0.2) is 42.7 Å². The summed E-state index contributed by atoms with van der Waals surface area (Å²) < 4.78 is 15.2. The second-order valence-corrected chi connectivity index (χ2v) is 6.29. The maximum absolute atomic E-state index is 13.5. The van der Waals surface area contributed by atoms with E-state index in [4.69, 9.17) is 0 Å². The summed E-state index contributed by atoms with van der Waals surface area (Å²) in [6.45, 7) is 2.15. The fourth-order valence-electron chi connectivity index (χ4n) is 3.09. The molecule has 3 heterocycles. The van der Waals surface area contributed by atoms with Gasteiger partial charge in [-0.05, 0) is 42.3 Å². The van der Waals surface area contributed by atoms with Gasteiger partial charge in [0.25, 0.3) is 0 Å². The number of nitrogens with zero attached hydrogens (tertiary/aromatic N) is 4. The van der Waals surface area contributed by atoms with E-state index in [-0.39, 0.29) is 11.7 Å². The molecule has 3 aromatic rings. The van der Waals surface area contributed by atoms with Gasteiger partial charge in [-0.3, -0.25) is 14.5 Å². The fraction of sp³-hybridized carbons (Fsp3) is 0.211. The molecule has 0 radical (unpaired) electrons. The number of aromatic nitrogens is 3. The van der Waals surface area contributed by atoms with E-state index >= 15 is 0 Å². The number of halogens is 1. The zero-order chi connectivity index (χ0) is 17.6. The van der Waals surface area contributed by atoms with E-state index in [2.05, 4.69) is 10.1 Å². The number of anilines is 1. The molecule has 0 spiro atoms. The van der Waals surface area contributed by atoms with Gasteiger partial charge in [-0.15, -0.1) is 0 Å². The molecule has 0 aliphatic carbocycles. The maximum atomic E-state index is 13.5. The SMILES string of the molecule is Cc1cc(-c2cnc3c(c2)N(Cc2ccn(C)n2)C(=O)C3)ccc1F. The van der Waals surface area contributed by atoms with Crippen molar-refractivity contribution in [1.82, 2.24) is 14.8 Å². The number of carbonyl (C=O) groups is 1. The van der Waals surface area contributed by atoms with Crippen LogP contribution in [0.5, 0.6) is 0 Å². The van der Waals surface area contributed by atoms with Crippen LogP contribution >= 0.6 is 0 Å². The lowest BCUT2D eigenvalue weighted by molar-refractivity contribution is -0.117. The third-order valence-corrected chi connectivity index (χ3v) is 4.44. The summed E-state index contributed by atoms with van der Waals surface area (Å²) in [7, 11) is 1.85. The number of hydrogen-bond donors (Lipinski definition) is 0. The molecule has 4 rings (SSSR count). The van der Waals surface area contributed by atoms with Crippen molar-refractivity contribution in [3.05, 3.63) is 65.5 Å². The second kappa shape index (κ2) is 5.81. The lowest BCUT2D eigenvalue weighted by Gasteiger charge is -2.16. The zero-order valence-electron chi connectivity index (χ0n) is 14.0. The highest BCUT2D eigenvalue weighted by molar-refractivity contribution is 6.01. The predicted molar refractivity (Wildman–Crippen MR) is 92.5 cm³/mol. The summed E-state index contributed by atoms with van der Waals surface area (Å²) >= 11 is 0. The van der Waals surface area contributed by atoms with Gasteiger partial charge in [-0.2, -0.15) is 5.10 Å². The smallest absolute Gasteiger partial charge is 0.233 e. The second-order valence-electron chi connectivity index (χ2n) is 6.29. The Labute approximate surface area is 144 Å². The standard InChI is InChI=1S/C19H17FN4O/c1-12-7-13(3-4-16(12)20)14-8-18-17(21-10-14)9-19(25)24(18)11-15-5-6-23(2)22-15/h3-8,10H,9,11H2,1-2H3. The number of pyridine rings is 1. The molecule has 0 atom stereocenters. The summed E-state index contributed by atoms with van der Waals surface area (Å²) in [4.78, 5) is 18.6. The van der Waals surface area contributed by atoms with Crippen LogP contribution in [0, 0.1) is 12.7 Å². The van der Waals surface area contributed by atoms with E-state index < -0.39 is 0 Å². The van der Waals surface area contributed by atoms with Crippen molar-refractivity contribution >= 4 is 11.6 Å². The summed E-state index contributed by atoms with van der Waals surface area (Å²) in [6, 6.07) is 8.81. The summed E-state index contributed by atoms with van der Waals surface area (Å²) in [5.74, 6) is -0.217. The molecule has 1 aliphatic rings. The van der Waals surface area contributed by atoms with Crippen molar-refractivity contribution in [2.75, 3.05) is 4.90 Å². The van der Waals surface area contributed by atoms with Crippen LogP contribution in [-0.4, -0.2) is 20.7 Å². The third kappa shape index (κ3) is 2.80. The molecule has 25 heavy (non-hydrogen) atoms. The molecule has 1 aliphatic heterocycles. The minimum atomic E-state index is -0.232. The van der Waals surface area contributed by atoms with E-state index in [9.17, 15) is 9.18 Å². The molecule has 1 amide bonds. The van der Waals surface area contributed by atoms with E-state index in [1.807, 2.05) is 25.4 Å². The Morgan fingerprint density at radius 3 is 2.76 bits per heavy atom. The molecule has 0 fully saturated rings. The van der Waals surface area contributed by atoms with Crippen molar-refractivity contribution in [1.29, 1.82) is 0 Å². The number of fused-ring (bicyclic) bond motifs is 1. The molecule has 0 N–H and O–H groups in total. The highest BCUT2D eigenvalue weighted by Crippen LogP contribution is 2.33. The van der Waals surface area contributed by atoms with Gasteiger partial charge in [0, 0.05) is 25.0 Å². The Hall–Kier alpha value is -3.02. The van der Waals surface area contributed by atoms with Crippen LogP contribution in [0.1, 0.15) is 17.0 Å². The van der Waals surface area contributed by atoms with Gasteiger partial charge in [-0.1, -0.05) is 6.07 Å². The minimum absolute atomic E-state index is 0.0144. The van der Waals surface area contributed by atoms with Crippen LogP contribution in [0.3, 0.4) is 0 Å². The topological polar surface area (TPSA) is 51.0 Å². The number of aryl methyl sites for hydroxylation is 2. The highest BCUT2D eigenvalue weighted by atomic mass is 19.1. The Bertz CT molecular complexity index is 979. The summed E-state index contributed by atoms with van der Waals surface area (Å²) in [5, 5.41) is 4.34. The lowest BCUT2D eigenvalue weighted by Crippen LogP contribution is -2.26. The van der Waals surface area contributed by atoms with Crippen LogP contribution in [0.25, 0.3) is 11.1 Å². The molecule has 0 unspecified atom stereocenters. The van der Waals surface area contributed by atoms with Gasteiger partial charge in [0.05, 0.1) is 30.0 Å². The van der Waals surface area contributed by atoms with Crippen LogP contribution in [-0.2, 0) is 24.8 Å². The fourth-order valence-corrected chi connectivity index (χ4v) is 3.09. The normalized spacial score (nSPS) is 13.4. The summed E-state index contributed by atoms with van der Waals surface area (Å²) in [6.07, 6.45) is 3.89. The first-order valence-corrected chi connectivity index (χ1v) is 8.05. The largest absolute Gasteiger partial charge is 0.304 e. The number of carbonyl (C=O) groups excluding carboxylic acids is 1. The van der Waals surface area contributed by atoms with E-state index in [1.165, 1.54) is 6.07 Å². The Balaban J connectivity index is 1.71. The molecule has 6 heteroatoms. The Kier molecular flexibility index (Phi) is 3.60. The minimum Gasteiger partial charge on any atom is -0.304 e. The average molecular weight is 336 g/mol. The average Bonchev–Trinajstić information content (AvgIpc) is 3.13. The lowest BCUT2D eigenvalue weighted by atomic mass is 10.0. The van der Waals surface area contributed by atoms with Crippen molar-refractivity contribution in [3.63, 3.8) is 0 Å². The van der Waals surface area contributed by atoms with Gasteiger partial charge in [-0.25, -0.2) is 4.39 Å². The first-order chi connectivity index (χ1) is 12.0. The first kappa shape index (κ1) is 15.5. The monoisotopic (exact) mass is 336 g/mol. The van der Waals surface area contributed by atoms with Crippen molar-refractivity contribution < 1.29 is 9.18 Å². The van der Waals surface area contributed by atoms with Gasteiger partial charge < -0.3 is 4.90 Å². The molecule has 0 bridgehead atoms. The van der Waals surface area contributed by atoms with Crippen molar-refractivity contribution in [3.8, 4) is 11.1 Å². The van der Waals surface area contributed by atoms with E-state index in [0.717, 1.165) is 28.2 Å². The van der Waals surface area contributed by atoms with Gasteiger partial charge in [0.2, 0.25) is 5.91 Å². The van der Waals surface area contributed by atoms with Crippen molar-refractivity contribution in [2.24, 2.45) is 7.05 Å². The number of rotatable bonds is 3. The number of benzene rings is 1. The quantitative estimate of drug-likeness (QED) is 0.739. The Morgan fingerprint density at radius 2 is 2.04 bits per heavy atom. The van der Waals surface area contributed by atoms with Crippen LogP contribution in [0.2, 0.25) is 0 Å². The third-order valence-electron chi connectivity index (χ3n) is 4.44. The summed E-state index contributed by atoms with van der Waals surface area (Å²) in [5.41, 5.74) is 4.72. The maximum Gasteiger partial charge on any atom is 0.233 e. The Morgan fingerprint density at radius 1 is 1.20 bits per heavy atom. The number of amides is 1.